The molecular weight excluding hydrogens is 369 g/mol. The Balaban J connectivity index is 2.12. The summed E-state index contributed by atoms with van der Waals surface area (Å²) in [5.74, 6) is -0.933. The van der Waals surface area contributed by atoms with Gasteiger partial charge in [0.1, 0.15) is 0 Å². The van der Waals surface area contributed by atoms with Gasteiger partial charge in [-0.1, -0.05) is 18.2 Å². The van der Waals surface area contributed by atoms with E-state index >= 15 is 0 Å². The van der Waals surface area contributed by atoms with E-state index in [1.807, 2.05) is 0 Å². The highest BCUT2D eigenvalue weighted by molar-refractivity contribution is 5.92. The lowest BCUT2D eigenvalue weighted by Gasteiger charge is -2.10. The molecular formula is C21H21F3N2O2. The number of aromatic nitrogens is 1. The molecule has 148 valence electrons. The molecule has 1 heterocycles. The molecule has 0 spiro atoms. The number of nitrogens with one attached hydrogen (secondary N) is 1. The minimum absolute atomic E-state index is 0.109. The number of rotatable bonds is 7. The maximum atomic E-state index is 13.1. The lowest BCUT2D eigenvalue weighted by atomic mass is 9.98. The van der Waals surface area contributed by atoms with Gasteiger partial charge in [0.05, 0.1) is 12.0 Å². The van der Waals surface area contributed by atoms with Gasteiger partial charge >= 0.3 is 12.1 Å². The van der Waals surface area contributed by atoms with Crippen LogP contribution < -0.4 is 5.73 Å². The molecule has 1 aromatic heterocycles. The Labute approximate surface area is 160 Å². The standard InChI is InChI=1S/C21H21F3N2O2/c22-21(23,24)15-5-3-4-14(12-15)20-16(6-1-2-9-25)17-10-13(11-19(27)28)7-8-18(17)26-20/h3-5,7-8,10,12,26H,1-2,6,9,11,25H2,(H,27,28). The van der Waals surface area contributed by atoms with E-state index in [0.717, 1.165) is 41.4 Å². The van der Waals surface area contributed by atoms with Gasteiger partial charge in [-0.3, -0.25) is 4.79 Å². The minimum Gasteiger partial charge on any atom is -0.481 e. The lowest BCUT2D eigenvalue weighted by Crippen LogP contribution is -2.04. The highest BCUT2D eigenvalue weighted by atomic mass is 19.4. The zero-order valence-electron chi connectivity index (χ0n) is 15.1. The van der Waals surface area contributed by atoms with Crippen molar-refractivity contribution >= 4 is 16.9 Å². The maximum Gasteiger partial charge on any atom is 0.416 e. The Hall–Kier alpha value is -2.80. The first-order valence-corrected chi connectivity index (χ1v) is 9.02. The summed E-state index contributed by atoms with van der Waals surface area (Å²) in [7, 11) is 0. The summed E-state index contributed by atoms with van der Waals surface area (Å²) >= 11 is 0. The molecule has 0 saturated carbocycles. The van der Waals surface area contributed by atoms with Crippen LogP contribution in [0.1, 0.15) is 29.5 Å². The normalized spacial score (nSPS) is 11.9. The summed E-state index contributed by atoms with van der Waals surface area (Å²) in [6.07, 6.45) is -2.31. The third-order valence-corrected chi connectivity index (χ3v) is 4.69. The molecule has 2 aromatic carbocycles. The van der Waals surface area contributed by atoms with Crippen LogP contribution in [0.15, 0.2) is 42.5 Å². The lowest BCUT2D eigenvalue weighted by molar-refractivity contribution is -0.138. The fourth-order valence-corrected chi connectivity index (χ4v) is 3.38. The third kappa shape index (κ3) is 4.36. The summed E-state index contributed by atoms with van der Waals surface area (Å²) in [5.41, 5.74) is 8.26. The highest BCUT2D eigenvalue weighted by Crippen LogP contribution is 2.36. The fourth-order valence-electron chi connectivity index (χ4n) is 3.38. The number of carboxylic acids is 1. The van der Waals surface area contributed by atoms with E-state index in [2.05, 4.69) is 4.98 Å². The monoisotopic (exact) mass is 390 g/mol. The number of aryl methyl sites for hydroxylation is 1. The van der Waals surface area contributed by atoms with Crippen molar-refractivity contribution in [1.29, 1.82) is 0 Å². The van der Waals surface area contributed by atoms with Crippen LogP contribution in [-0.2, 0) is 23.8 Å². The van der Waals surface area contributed by atoms with E-state index in [-0.39, 0.29) is 6.42 Å². The van der Waals surface area contributed by atoms with Crippen molar-refractivity contribution in [1.82, 2.24) is 4.98 Å². The molecule has 0 aliphatic carbocycles. The van der Waals surface area contributed by atoms with Crippen LogP contribution in [0.25, 0.3) is 22.2 Å². The van der Waals surface area contributed by atoms with Gasteiger partial charge in [0.15, 0.2) is 0 Å². The van der Waals surface area contributed by atoms with Crippen LogP contribution >= 0.6 is 0 Å². The van der Waals surface area contributed by atoms with Crippen LogP contribution in [0.4, 0.5) is 13.2 Å². The quantitative estimate of drug-likeness (QED) is 0.509. The number of alkyl halides is 3. The number of aromatic amines is 1. The molecule has 0 aliphatic rings. The van der Waals surface area contributed by atoms with Gasteiger partial charge in [-0.25, -0.2) is 0 Å². The number of nitrogens with two attached hydrogens (primary N) is 1. The minimum atomic E-state index is -4.42. The largest absolute Gasteiger partial charge is 0.481 e. The van der Waals surface area contributed by atoms with E-state index in [4.69, 9.17) is 10.8 Å². The number of hydrogen-bond donors (Lipinski definition) is 3. The first-order chi connectivity index (χ1) is 13.3. The molecule has 0 bridgehead atoms. The summed E-state index contributed by atoms with van der Waals surface area (Å²) < 4.78 is 39.4. The van der Waals surface area contributed by atoms with Gasteiger partial charge in [-0.2, -0.15) is 13.2 Å². The molecule has 0 saturated heterocycles. The van der Waals surface area contributed by atoms with Crippen LogP contribution in [0.2, 0.25) is 0 Å². The first-order valence-electron chi connectivity index (χ1n) is 9.02. The molecule has 0 atom stereocenters. The second-order valence-corrected chi connectivity index (χ2v) is 6.75. The van der Waals surface area contributed by atoms with Crippen molar-refractivity contribution in [3.05, 3.63) is 59.2 Å². The van der Waals surface area contributed by atoms with E-state index in [1.54, 1.807) is 24.3 Å². The molecule has 0 fully saturated rings. The predicted octanol–water partition coefficient (Wildman–Crippen LogP) is 4.76. The number of H-pyrrole nitrogens is 1. The summed E-state index contributed by atoms with van der Waals surface area (Å²) in [6.45, 7) is 0.533. The third-order valence-electron chi connectivity index (χ3n) is 4.69. The van der Waals surface area contributed by atoms with Gasteiger partial charge in [-0.05, 0) is 66.8 Å². The first kappa shape index (κ1) is 19.9. The number of fused-ring (bicyclic) bond motifs is 1. The zero-order chi connectivity index (χ0) is 20.3. The Morgan fingerprint density at radius 2 is 1.89 bits per heavy atom. The number of halogens is 3. The molecule has 3 rings (SSSR count). The second kappa shape index (κ2) is 8.06. The van der Waals surface area contributed by atoms with Crippen LogP contribution in [0, 0.1) is 0 Å². The van der Waals surface area contributed by atoms with Crippen LogP contribution in [-0.4, -0.2) is 22.6 Å². The Bertz CT molecular complexity index is 993. The maximum absolute atomic E-state index is 13.1. The molecule has 0 unspecified atom stereocenters. The molecule has 7 heteroatoms. The Kier molecular flexibility index (Phi) is 5.74. The van der Waals surface area contributed by atoms with E-state index < -0.39 is 17.7 Å². The van der Waals surface area contributed by atoms with Crippen molar-refractivity contribution in [2.75, 3.05) is 6.54 Å². The summed E-state index contributed by atoms with van der Waals surface area (Å²) in [5, 5.41) is 9.88. The molecule has 0 radical (unpaired) electrons. The smallest absolute Gasteiger partial charge is 0.416 e. The number of benzene rings is 2. The Morgan fingerprint density at radius 3 is 2.57 bits per heavy atom. The van der Waals surface area contributed by atoms with Crippen LogP contribution in [0.5, 0.6) is 0 Å². The SMILES string of the molecule is NCCCCc1c(-c2cccc(C(F)(F)F)c2)[nH]c2ccc(CC(=O)O)cc12. The van der Waals surface area contributed by atoms with Gasteiger partial charge in [0.2, 0.25) is 0 Å². The van der Waals surface area contributed by atoms with Crippen LogP contribution in [0.3, 0.4) is 0 Å². The molecule has 0 aliphatic heterocycles. The van der Waals surface area contributed by atoms with Gasteiger partial charge in [0.25, 0.3) is 0 Å². The molecule has 28 heavy (non-hydrogen) atoms. The molecule has 0 amide bonds. The number of carboxylic acid groups (broad SMARTS) is 1. The second-order valence-electron chi connectivity index (χ2n) is 6.75. The van der Waals surface area contributed by atoms with Crippen molar-refractivity contribution in [3.63, 3.8) is 0 Å². The molecule has 3 aromatic rings. The number of aliphatic carboxylic acids is 1. The number of carbonyl (C=O) groups is 1. The fraction of sp³-hybridized carbons (Fsp3) is 0.286. The average molecular weight is 390 g/mol. The van der Waals surface area contributed by atoms with E-state index in [1.165, 1.54) is 6.07 Å². The highest BCUT2D eigenvalue weighted by Gasteiger charge is 2.30. The summed E-state index contributed by atoms with van der Waals surface area (Å²) in [4.78, 5) is 14.3. The van der Waals surface area contributed by atoms with Crippen molar-refractivity contribution in [2.24, 2.45) is 5.73 Å². The average Bonchev–Trinajstić information content (AvgIpc) is 2.99. The van der Waals surface area contributed by atoms with E-state index in [9.17, 15) is 18.0 Å². The molecule has 4 N–H and O–H groups in total. The topological polar surface area (TPSA) is 79.1 Å². The number of hydrogen-bond acceptors (Lipinski definition) is 2. The van der Waals surface area contributed by atoms with Crippen molar-refractivity contribution in [3.8, 4) is 11.3 Å². The van der Waals surface area contributed by atoms with Gasteiger partial charge in [-0.15, -0.1) is 0 Å². The molecule has 4 nitrogen and oxygen atoms in total. The predicted molar refractivity (Wildman–Crippen MR) is 102 cm³/mol. The van der Waals surface area contributed by atoms with Crippen molar-refractivity contribution in [2.45, 2.75) is 31.9 Å². The van der Waals surface area contributed by atoms with Crippen molar-refractivity contribution < 1.29 is 23.1 Å². The van der Waals surface area contributed by atoms with Gasteiger partial charge in [0, 0.05) is 16.6 Å². The van der Waals surface area contributed by atoms with E-state index in [0.29, 0.717) is 29.8 Å². The number of unbranched alkanes of at least 4 members (excludes halogenated alkanes) is 1. The van der Waals surface area contributed by atoms with Gasteiger partial charge < -0.3 is 15.8 Å². The summed E-state index contributed by atoms with van der Waals surface area (Å²) in [6, 6.07) is 10.5. The zero-order valence-corrected chi connectivity index (χ0v) is 15.1. The Morgan fingerprint density at radius 1 is 1.11 bits per heavy atom.